The van der Waals surface area contributed by atoms with Crippen molar-refractivity contribution in [3.8, 4) is 11.1 Å². The lowest BCUT2D eigenvalue weighted by Gasteiger charge is -2.46. The highest BCUT2D eigenvalue weighted by atomic mass is 19.1. The van der Waals surface area contributed by atoms with Crippen LogP contribution in [0.5, 0.6) is 0 Å². The van der Waals surface area contributed by atoms with Crippen LogP contribution in [0.25, 0.3) is 11.1 Å². The van der Waals surface area contributed by atoms with Gasteiger partial charge in [-0.15, -0.1) is 0 Å². The summed E-state index contributed by atoms with van der Waals surface area (Å²) in [7, 11) is 1.82. The Morgan fingerprint density at radius 1 is 1.07 bits per heavy atom. The highest BCUT2D eigenvalue weighted by Gasteiger charge is 2.39. The van der Waals surface area contributed by atoms with Crippen LogP contribution in [0.4, 0.5) is 4.39 Å². The molecule has 1 aliphatic carbocycles. The number of hydrogen-bond acceptors (Lipinski definition) is 6. The van der Waals surface area contributed by atoms with Gasteiger partial charge in [-0.05, 0) is 80.5 Å². The molecule has 0 bridgehead atoms. The SMILES string of the molecule is COC1CC(CNC(=O)c2cc(CNC3=NCCC3)cc(-c3ccc(F)nc3C)c2)NC2(CCCCCCCCC2)C1. The van der Waals surface area contributed by atoms with Gasteiger partial charge in [-0.1, -0.05) is 44.9 Å². The summed E-state index contributed by atoms with van der Waals surface area (Å²) in [6.07, 6.45) is 15.6. The smallest absolute Gasteiger partial charge is 0.251 e. The van der Waals surface area contributed by atoms with Gasteiger partial charge in [0.25, 0.3) is 5.91 Å². The molecule has 1 aromatic heterocycles. The van der Waals surface area contributed by atoms with Crippen LogP contribution < -0.4 is 16.0 Å². The Morgan fingerprint density at radius 3 is 2.52 bits per heavy atom. The fourth-order valence-corrected chi connectivity index (χ4v) is 7.11. The molecule has 3 aliphatic rings. The van der Waals surface area contributed by atoms with Crippen LogP contribution in [0.2, 0.25) is 0 Å². The van der Waals surface area contributed by atoms with E-state index in [9.17, 15) is 9.18 Å². The molecule has 2 fully saturated rings. The summed E-state index contributed by atoms with van der Waals surface area (Å²) >= 11 is 0. The zero-order valence-electron chi connectivity index (χ0n) is 25.4. The predicted octanol–water partition coefficient (Wildman–Crippen LogP) is 6.24. The van der Waals surface area contributed by atoms with Crippen molar-refractivity contribution in [1.82, 2.24) is 20.9 Å². The average Bonchev–Trinajstić information content (AvgIpc) is 3.52. The predicted molar refractivity (Wildman–Crippen MR) is 166 cm³/mol. The number of benzene rings is 1. The van der Waals surface area contributed by atoms with Crippen LogP contribution in [0, 0.1) is 12.9 Å². The summed E-state index contributed by atoms with van der Waals surface area (Å²) in [5.74, 6) is 0.399. The van der Waals surface area contributed by atoms with Crippen molar-refractivity contribution < 1.29 is 13.9 Å². The second-order valence-electron chi connectivity index (χ2n) is 12.6. The Balaban J connectivity index is 1.31. The molecule has 1 saturated heterocycles. The molecule has 3 N–H and O–H groups in total. The molecular weight excluding hydrogens is 529 g/mol. The summed E-state index contributed by atoms with van der Waals surface area (Å²) in [6, 6.07) is 9.16. The number of pyridine rings is 1. The average molecular weight is 578 g/mol. The van der Waals surface area contributed by atoms with Crippen LogP contribution >= 0.6 is 0 Å². The standard InChI is InChI=1S/C34H48FN5O2/c1-24-30(12-13-31(35)39-24)26-17-25(22-37-32-11-10-16-36-32)18-27(19-26)33(41)38-23-28-20-29(42-2)21-34(40-28)14-8-6-4-3-5-7-9-15-34/h12-13,17-19,28-29,40H,3-11,14-16,20-23H2,1-2H3,(H,36,37)(H,38,41). The van der Waals surface area contributed by atoms with Crippen molar-refractivity contribution in [1.29, 1.82) is 0 Å². The Labute approximate surface area is 250 Å². The second kappa shape index (κ2) is 14.6. The van der Waals surface area contributed by atoms with Crippen molar-refractivity contribution in [2.45, 2.75) is 115 Å². The third kappa shape index (κ3) is 8.16. The van der Waals surface area contributed by atoms with Gasteiger partial charge in [0.2, 0.25) is 5.95 Å². The minimum absolute atomic E-state index is 0.0838. The lowest BCUT2D eigenvalue weighted by molar-refractivity contribution is 0.00894. The molecule has 5 rings (SSSR count). The molecule has 42 heavy (non-hydrogen) atoms. The van der Waals surface area contributed by atoms with E-state index in [0.29, 0.717) is 24.3 Å². The molecule has 228 valence electrons. The monoisotopic (exact) mass is 577 g/mol. The van der Waals surface area contributed by atoms with E-state index in [4.69, 9.17) is 4.74 Å². The number of carbonyl (C=O) groups excluding carboxylic acids is 1. The third-order valence-electron chi connectivity index (χ3n) is 9.32. The van der Waals surface area contributed by atoms with E-state index in [1.807, 2.05) is 19.2 Å². The highest BCUT2D eigenvalue weighted by molar-refractivity contribution is 5.96. The largest absolute Gasteiger partial charge is 0.381 e. The van der Waals surface area contributed by atoms with Crippen molar-refractivity contribution >= 4 is 11.7 Å². The zero-order chi connectivity index (χ0) is 29.4. The molecule has 8 heteroatoms. The zero-order valence-corrected chi connectivity index (χ0v) is 25.4. The van der Waals surface area contributed by atoms with E-state index in [2.05, 4.69) is 32.0 Å². The van der Waals surface area contributed by atoms with Crippen LogP contribution in [0.1, 0.15) is 105 Å². The maximum absolute atomic E-state index is 13.8. The maximum atomic E-state index is 13.8. The first kappa shape index (κ1) is 30.6. The van der Waals surface area contributed by atoms with E-state index < -0.39 is 5.95 Å². The van der Waals surface area contributed by atoms with E-state index in [-0.39, 0.29) is 23.6 Å². The topological polar surface area (TPSA) is 87.6 Å². The number of aryl methyl sites for hydroxylation is 1. The van der Waals surface area contributed by atoms with Crippen molar-refractivity contribution in [2.75, 3.05) is 20.2 Å². The molecule has 1 aromatic carbocycles. The van der Waals surface area contributed by atoms with Gasteiger partial charge in [-0.3, -0.25) is 9.79 Å². The van der Waals surface area contributed by atoms with Gasteiger partial charge in [0, 0.05) is 61.6 Å². The molecule has 0 radical (unpaired) electrons. The lowest BCUT2D eigenvalue weighted by Crippen LogP contribution is -2.60. The van der Waals surface area contributed by atoms with Crippen LogP contribution in [0.3, 0.4) is 0 Å². The molecule has 7 nitrogen and oxygen atoms in total. The van der Waals surface area contributed by atoms with Gasteiger partial charge in [0.15, 0.2) is 0 Å². The Morgan fingerprint density at radius 2 is 1.83 bits per heavy atom. The number of amidine groups is 1. The molecule has 2 atom stereocenters. The number of nitrogens with zero attached hydrogens (tertiary/aromatic N) is 2. The summed E-state index contributed by atoms with van der Waals surface area (Å²) in [6.45, 7) is 3.78. The minimum Gasteiger partial charge on any atom is -0.381 e. The van der Waals surface area contributed by atoms with Gasteiger partial charge < -0.3 is 20.7 Å². The normalized spacial score (nSPS) is 22.9. The molecule has 3 heterocycles. The number of piperidine rings is 1. The number of methoxy groups -OCH3 is 1. The van der Waals surface area contributed by atoms with Crippen molar-refractivity contribution in [2.24, 2.45) is 4.99 Å². The summed E-state index contributed by atoms with van der Waals surface area (Å²) < 4.78 is 19.7. The fraction of sp³-hybridized carbons (Fsp3) is 0.618. The first-order chi connectivity index (χ1) is 20.4. The number of aliphatic imine (C=N–C) groups is 1. The van der Waals surface area contributed by atoms with Gasteiger partial charge in [0.1, 0.15) is 0 Å². The van der Waals surface area contributed by atoms with Crippen LogP contribution in [-0.4, -0.2) is 54.6 Å². The number of halogens is 1. The Kier molecular flexibility index (Phi) is 10.6. The van der Waals surface area contributed by atoms with E-state index in [0.717, 1.165) is 54.8 Å². The number of aromatic nitrogens is 1. The van der Waals surface area contributed by atoms with E-state index in [1.54, 1.807) is 13.0 Å². The molecule has 1 spiro atoms. The van der Waals surface area contributed by atoms with Crippen LogP contribution in [-0.2, 0) is 11.3 Å². The number of carbonyl (C=O) groups is 1. The first-order valence-corrected chi connectivity index (χ1v) is 16.1. The first-order valence-electron chi connectivity index (χ1n) is 16.1. The number of rotatable bonds is 7. The summed E-state index contributed by atoms with van der Waals surface area (Å²) in [5.41, 5.74) is 3.93. The number of amides is 1. The quantitative estimate of drug-likeness (QED) is 0.339. The van der Waals surface area contributed by atoms with Gasteiger partial charge in [-0.2, -0.15) is 4.39 Å². The van der Waals surface area contributed by atoms with E-state index in [1.165, 1.54) is 63.9 Å². The van der Waals surface area contributed by atoms with Crippen molar-refractivity contribution in [3.05, 3.63) is 53.1 Å². The van der Waals surface area contributed by atoms with Crippen LogP contribution in [0.15, 0.2) is 35.3 Å². The minimum atomic E-state index is -0.506. The number of hydrogen-bond donors (Lipinski definition) is 3. The molecule has 1 saturated carbocycles. The summed E-state index contributed by atoms with van der Waals surface area (Å²) in [4.78, 5) is 22.2. The van der Waals surface area contributed by atoms with E-state index >= 15 is 0 Å². The van der Waals surface area contributed by atoms with Crippen molar-refractivity contribution in [3.63, 3.8) is 0 Å². The highest BCUT2D eigenvalue weighted by Crippen LogP contribution is 2.35. The third-order valence-corrected chi connectivity index (χ3v) is 9.32. The molecule has 1 amide bonds. The molecule has 2 aliphatic heterocycles. The van der Waals surface area contributed by atoms with Gasteiger partial charge in [0.05, 0.1) is 11.9 Å². The molecular formula is C34H48FN5O2. The van der Waals surface area contributed by atoms with Gasteiger partial charge >= 0.3 is 0 Å². The maximum Gasteiger partial charge on any atom is 0.251 e. The van der Waals surface area contributed by atoms with Gasteiger partial charge in [-0.25, -0.2) is 4.98 Å². The summed E-state index contributed by atoms with van der Waals surface area (Å²) in [5, 5.41) is 10.7. The number of ether oxygens (including phenoxy) is 1. The Hall–Kier alpha value is -2.84. The number of nitrogens with one attached hydrogen (secondary N) is 3. The Bertz CT molecular complexity index is 1240. The fourth-order valence-electron chi connectivity index (χ4n) is 7.11. The molecule has 2 unspecified atom stereocenters. The molecule has 2 aromatic rings. The second-order valence-corrected chi connectivity index (χ2v) is 12.6. The lowest BCUT2D eigenvalue weighted by atomic mass is 9.76.